The Kier molecular flexibility index (Phi) is 4.66. The van der Waals surface area contributed by atoms with Crippen LogP contribution in [0, 0.1) is 18.8 Å². The Morgan fingerprint density at radius 1 is 1.35 bits per heavy atom. The maximum absolute atomic E-state index is 12.5. The van der Waals surface area contributed by atoms with Crippen LogP contribution >= 0.6 is 0 Å². The molecule has 2 aliphatic rings. The summed E-state index contributed by atoms with van der Waals surface area (Å²) in [5, 5.41) is 9.66. The second-order valence-corrected chi connectivity index (χ2v) is 6.56. The zero-order valence-corrected chi connectivity index (χ0v) is 13.4. The zero-order chi connectivity index (χ0) is 16.4. The number of likely N-dealkylation sites (tertiary alicyclic amines) is 1. The summed E-state index contributed by atoms with van der Waals surface area (Å²) >= 11 is 0. The molecule has 124 valence electrons. The molecular formula is C18H23NO4. The molecule has 0 aliphatic carbocycles. The number of carboxylic acids is 1. The number of carbonyl (C=O) groups excluding carboxylic acids is 1. The van der Waals surface area contributed by atoms with Crippen molar-refractivity contribution >= 4 is 11.9 Å². The highest BCUT2D eigenvalue weighted by atomic mass is 16.5. The minimum absolute atomic E-state index is 0.0580. The molecule has 0 aromatic heterocycles. The summed E-state index contributed by atoms with van der Waals surface area (Å²) in [5.41, 5.74) is 1.98. The number of piperidine rings is 1. The van der Waals surface area contributed by atoms with Crippen molar-refractivity contribution in [3.8, 4) is 0 Å². The van der Waals surface area contributed by atoms with Crippen LogP contribution in [0.5, 0.6) is 0 Å². The van der Waals surface area contributed by atoms with Crippen molar-refractivity contribution in [2.75, 3.05) is 19.8 Å². The minimum atomic E-state index is -0.821. The molecule has 0 unspecified atom stereocenters. The van der Waals surface area contributed by atoms with Crippen molar-refractivity contribution in [1.82, 2.24) is 4.90 Å². The van der Waals surface area contributed by atoms with E-state index < -0.39 is 11.9 Å². The summed E-state index contributed by atoms with van der Waals surface area (Å²) < 4.78 is 5.42. The Morgan fingerprint density at radius 3 is 2.78 bits per heavy atom. The second-order valence-electron chi connectivity index (χ2n) is 6.56. The predicted molar refractivity (Wildman–Crippen MR) is 84.9 cm³/mol. The van der Waals surface area contributed by atoms with Crippen LogP contribution in [-0.4, -0.2) is 41.6 Å². The second kappa shape index (κ2) is 6.71. The number of carboxylic acid groups (broad SMARTS) is 1. The first-order chi connectivity index (χ1) is 11.1. The minimum Gasteiger partial charge on any atom is -0.481 e. The van der Waals surface area contributed by atoms with E-state index in [4.69, 9.17) is 4.74 Å². The maximum Gasteiger partial charge on any atom is 0.308 e. The summed E-state index contributed by atoms with van der Waals surface area (Å²) in [6.45, 7) is 3.94. The maximum atomic E-state index is 12.5. The van der Waals surface area contributed by atoms with Gasteiger partial charge >= 0.3 is 5.97 Å². The molecular weight excluding hydrogens is 294 g/mol. The fourth-order valence-electron chi connectivity index (χ4n) is 3.74. The van der Waals surface area contributed by atoms with Crippen LogP contribution in [-0.2, 0) is 14.3 Å². The van der Waals surface area contributed by atoms with Gasteiger partial charge < -0.3 is 14.7 Å². The van der Waals surface area contributed by atoms with Crippen molar-refractivity contribution in [3.63, 3.8) is 0 Å². The number of hydrogen-bond acceptors (Lipinski definition) is 3. The van der Waals surface area contributed by atoms with Gasteiger partial charge in [0.1, 0.15) is 0 Å². The largest absolute Gasteiger partial charge is 0.481 e. The lowest BCUT2D eigenvalue weighted by Gasteiger charge is -2.41. The number of amides is 1. The highest BCUT2D eigenvalue weighted by molar-refractivity contribution is 5.82. The summed E-state index contributed by atoms with van der Waals surface area (Å²) in [4.78, 5) is 26.1. The van der Waals surface area contributed by atoms with Gasteiger partial charge in [-0.3, -0.25) is 9.59 Å². The van der Waals surface area contributed by atoms with E-state index in [2.05, 4.69) is 0 Å². The van der Waals surface area contributed by atoms with Gasteiger partial charge in [0.15, 0.2) is 0 Å². The normalized spacial score (nSPS) is 28.1. The number of nitrogens with zero attached hydrogens (tertiary/aromatic N) is 1. The molecule has 2 heterocycles. The average molecular weight is 317 g/mol. The Labute approximate surface area is 136 Å². The molecule has 1 aromatic rings. The van der Waals surface area contributed by atoms with Gasteiger partial charge in [0.05, 0.1) is 18.6 Å². The van der Waals surface area contributed by atoms with E-state index in [9.17, 15) is 14.7 Å². The monoisotopic (exact) mass is 317 g/mol. The topological polar surface area (TPSA) is 66.8 Å². The highest BCUT2D eigenvalue weighted by Gasteiger charge is 2.42. The van der Waals surface area contributed by atoms with E-state index in [1.165, 1.54) is 0 Å². The third-order valence-electron chi connectivity index (χ3n) is 5.01. The molecule has 3 rings (SSSR count). The fraction of sp³-hybridized carbons (Fsp3) is 0.556. The van der Waals surface area contributed by atoms with E-state index in [0.29, 0.717) is 31.9 Å². The molecule has 0 spiro atoms. The van der Waals surface area contributed by atoms with Crippen LogP contribution < -0.4 is 0 Å². The van der Waals surface area contributed by atoms with Gasteiger partial charge in [-0.05, 0) is 30.9 Å². The van der Waals surface area contributed by atoms with Gasteiger partial charge in [-0.2, -0.15) is 0 Å². The number of aliphatic carboxylic acids is 1. The van der Waals surface area contributed by atoms with Crippen LogP contribution in [0.4, 0.5) is 0 Å². The molecule has 0 saturated carbocycles. The summed E-state index contributed by atoms with van der Waals surface area (Å²) in [5.74, 6) is -1.00. The molecule has 5 nitrogen and oxygen atoms in total. The summed E-state index contributed by atoms with van der Waals surface area (Å²) in [6, 6.07) is 7.40. The standard InChI is InChI=1S/C18H23NO4/c1-12-4-2-3-5-14(12)17-15(18(21)22)6-7-16(20)19(17)10-13-8-9-23-11-13/h2-5,13,15,17H,6-11H2,1H3,(H,21,22)/t13-,15+,17-/m1/s1. The lowest BCUT2D eigenvalue weighted by atomic mass is 9.82. The van der Waals surface area contributed by atoms with Gasteiger partial charge in [0, 0.05) is 25.5 Å². The lowest BCUT2D eigenvalue weighted by Crippen LogP contribution is -2.47. The predicted octanol–water partition coefficient (Wildman–Crippen LogP) is 2.40. The molecule has 2 aliphatic heterocycles. The molecule has 1 N–H and O–H groups in total. The quantitative estimate of drug-likeness (QED) is 0.926. The molecule has 0 radical (unpaired) electrons. The van der Waals surface area contributed by atoms with E-state index in [-0.39, 0.29) is 11.9 Å². The van der Waals surface area contributed by atoms with Gasteiger partial charge in [-0.25, -0.2) is 0 Å². The molecule has 5 heteroatoms. The lowest BCUT2D eigenvalue weighted by molar-refractivity contribution is -0.152. The molecule has 23 heavy (non-hydrogen) atoms. The SMILES string of the molecule is Cc1ccccc1[C@@H]1[C@@H](C(=O)O)CCC(=O)N1C[C@H]1CCOC1. The summed E-state index contributed by atoms with van der Waals surface area (Å²) in [6.07, 6.45) is 1.65. The first-order valence-electron chi connectivity index (χ1n) is 8.23. The number of ether oxygens (including phenoxy) is 1. The van der Waals surface area contributed by atoms with E-state index in [1.807, 2.05) is 31.2 Å². The number of hydrogen-bond donors (Lipinski definition) is 1. The van der Waals surface area contributed by atoms with Crippen molar-refractivity contribution < 1.29 is 19.4 Å². The van der Waals surface area contributed by atoms with Crippen LogP contribution in [0.2, 0.25) is 0 Å². The van der Waals surface area contributed by atoms with Crippen molar-refractivity contribution in [2.24, 2.45) is 11.8 Å². The van der Waals surface area contributed by atoms with Crippen LogP contribution in [0.25, 0.3) is 0 Å². The molecule has 0 bridgehead atoms. The first-order valence-corrected chi connectivity index (χ1v) is 8.23. The van der Waals surface area contributed by atoms with Gasteiger partial charge in [0.2, 0.25) is 5.91 Å². The number of benzene rings is 1. The average Bonchev–Trinajstić information content (AvgIpc) is 3.03. The van der Waals surface area contributed by atoms with Gasteiger partial charge in [-0.15, -0.1) is 0 Å². The smallest absolute Gasteiger partial charge is 0.308 e. The molecule has 3 atom stereocenters. The van der Waals surface area contributed by atoms with Crippen LogP contribution in [0.15, 0.2) is 24.3 Å². The number of carbonyl (C=O) groups is 2. The third-order valence-corrected chi connectivity index (χ3v) is 5.01. The third kappa shape index (κ3) is 3.24. The Hall–Kier alpha value is -1.88. The van der Waals surface area contributed by atoms with Crippen LogP contribution in [0.1, 0.15) is 36.4 Å². The van der Waals surface area contributed by atoms with Gasteiger partial charge in [0.25, 0.3) is 0 Å². The number of rotatable bonds is 4. The fourth-order valence-corrected chi connectivity index (χ4v) is 3.74. The Balaban J connectivity index is 1.95. The Morgan fingerprint density at radius 2 is 2.13 bits per heavy atom. The van der Waals surface area contributed by atoms with Gasteiger partial charge in [-0.1, -0.05) is 24.3 Å². The summed E-state index contributed by atoms with van der Waals surface area (Å²) in [7, 11) is 0. The van der Waals surface area contributed by atoms with Crippen molar-refractivity contribution in [1.29, 1.82) is 0 Å². The highest BCUT2D eigenvalue weighted by Crippen LogP contribution is 2.39. The zero-order valence-electron chi connectivity index (χ0n) is 13.4. The molecule has 2 fully saturated rings. The Bertz CT molecular complexity index is 594. The van der Waals surface area contributed by atoms with E-state index in [1.54, 1.807) is 4.90 Å². The number of aryl methyl sites for hydroxylation is 1. The van der Waals surface area contributed by atoms with E-state index >= 15 is 0 Å². The van der Waals surface area contributed by atoms with E-state index in [0.717, 1.165) is 24.2 Å². The van der Waals surface area contributed by atoms with Crippen molar-refractivity contribution in [2.45, 2.75) is 32.2 Å². The first kappa shape index (κ1) is 16.0. The molecule has 1 amide bonds. The molecule has 2 saturated heterocycles. The van der Waals surface area contributed by atoms with Crippen LogP contribution in [0.3, 0.4) is 0 Å². The molecule has 1 aromatic carbocycles. The van der Waals surface area contributed by atoms with Crippen molar-refractivity contribution in [3.05, 3.63) is 35.4 Å².